The standard InChI is InChI=1S/C14H20BrN3O2/c1-9(2)10-5-3-4-6-12(10)17-14-11(15)7-16-8-13(14)18(19)20/h7-10,12H,3-6H2,1-2H3,(H,16,17). The van der Waals surface area contributed by atoms with Crippen LogP contribution in [0.5, 0.6) is 0 Å². The Morgan fingerprint density at radius 2 is 2.10 bits per heavy atom. The van der Waals surface area contributed by atoms with Gasteiger partial charge in [0.1, 0.15) is 11.9 Å². The number of pyridine rings is 1. The van der Waals surface area contributed by atoms with Crippen molar-refractivity contribution < 1.29 is 4.92 Å². The molecule has 20 heavy (non-hydrogen) atoms. The van der Waals surface area contributed by atoms with Gasteiger partial charge in [0.25, 0.3) is 0 Å². The summed E-state index contributed by atoms with van der Waals surface area (Å²) in [5.74, 6) is 1.14. The maximum atomic E-state index is 11.1. The smallest absolute Gasteiger partial charge is 0.311 e. The zero-order valence-electron chi connectivity index (χ0n) is 11.8. The first-order valence-corrected chi connectivity index (χ1v) is 7.84. The van der Waals surface area contributed by atoms with Crippen molar-refractivity contribution in [2.45, 2.75) is 45.6 Å². The van der Waals surface area contributed by atoms with Crippen LogP contribution >= 0.6 is 15.9 Å². The van der Waals surface area contributed by atoms with Crippen LogP contribution in [0.4, 0.5) is 11.4 Å². The Labute approximate surface area is 127 Å². The maximum Gasteiger partial charge on any atom is 0.311 e. The van der Waals surface area contributed by atoms with Crippen molar-refractivity contribution in [3.05, 3.63) is 27.0 Å². The molecule has 1 aliphatic carbocycles. The van der Waals surface area contributed by atoms with E-state index in [0.717, 1.165) is 6.42 Å². The molecule has 1 N–H and O–H groups in total. The Morgan fingerprint density at radius 1 is 1.40 bits per heavy atom. The van der Waals surface area contributed by atoms with Crippen LogP contribution in [0.15, 0.2) is 16.9 Å². The highest BCUT2D eigenvalue weighted by Gasteiger charge is 2.30. The largest absolute Gasteiger partial charge is 0.375 e. The third-order valence-corrected chi connectivity index (χ3v) is 4.68. The molecule has 5 nitrogen and oxygen atoms in total. The normalized spacial score (nSPS) is 22.8. The van der Waals surface area contributed by atoms with E-state index in [-0.39, 0.29) is 10.6 Å². The van der Waals surface area contributed by atoms with Gasteiger partial charge < -0.3 is 5.32 Å². The molecule has 2 atom stereocenters. The van der Waals surface area contributed by atoms with Gasteiger partial charge in [0.05, 0.1) is 9.40 Å². The predicted molar refractivity (Wildman–Crippen MR) is 82.8 cm³/mol. The highest BCUT2D eigenvalue weighted by atomic mass is 79.9. The Bertz CT molecular complexity index is 493. The van der Waals surface area contributed by atoms with Crippen LogP contribution in [0.2, 0.25) is 0 Å². The summed E-state index contributed by atoms with van der Waals surface area (Å²) < 4.78 is 0.653. The maximum absolute atomic E-state index is 11.1. The van der Waals surface area contributed by atoms with Gasteiger partial charge in [-0.15, -0.1) is 0 Å². The molecule has 1 saturated carbocycles. The zero-order valence-corrected chi connectivity index (χ0v) is 13.4. The number of nitrogens with one attached hydrogen (secondary N) is 1. The lowest BCUT2D eigenvalue weighted by atomic mass is 9.78. The summed E-state index contributed by atoms with van der Waals surface area (Å²) in [6, 6.07) is 0.293. The van der Waals surface area contributed by atoms with Gasteiger partial charge in [0.15, 0.2) is 0 Å². The zero-order chi connectivity index (χ0) is 14.7. The topological polar surface area (TPSA) is 68.1 Å². The van der Waals surface area contributed by atoms with E-state index in [4.69, 9.17) is 0 Å². The van der Waals surface area contributed by atoms with Gasteiger partial charge in [-0.3, -0.25) is 15.1 Å². The van der Waals surface area contributed by atoms with E-state index >= 15 is 0 Å². The van der Waals surface area contributed by atoms with Gasteiger partial charge in [-0.2, -0.15) is 0 Å². The second-order valence-corrected chi connectivity index (χ2v) is 6.57. The Hall–Kier alpha value is -1.17. The molecular formula is C14H20BrN3O2. The minimum Gasteiger partial charge on any atom is -0.375 e. The van der Waals surface area contributed by atoms with Gasteiger partial charge in [-0.05, 0) is 40.6 Å². The Kier molecular flexibility index (Phi) is 4.96. The van der Waals surface area contributed by atoms with E-state index in [9.17, 15) is 10.1 Å². The Morgan fingerprint density at radius 3 is 2.75 bits per heavy atom. The highest BCUT2D eigenvalue weighted by Crippen LogP contribution is 2.37. The van der Waals surface area contributed by atoms with Crippen LogP contribution < -0.4 is 5.32 Å². The predicted octanol–water partition coefficient (Wildman–Crippen LogP) is 4.38. The summed E-state index contributed by atoms with van der Waals surface area (Å²) >= 11 is 3.37. The fourth-order valence-electron chi connectivity index (χ4n) is 3.03. The van der Waals surface area contributed by atoms with E-state index < -0.39 is 0 Å². The molecule has 0 amide bonds. The quantitative estimate of drug-likeness (QED) is 0.651. The fraction of sp³-hybridized carbons (Fsp3) is 0.643. The molecule has 1 aliphatic rings. The number of anilines is 1. The van der Waals surface area contributed by atoms with Crippen LogP contribution in [-0.4, -0.2) is 15.9 Å². The van der Waals surface area contributed by atoms with Crippen molar-refractivity contribution in [2.75, 3.05) is 5.32 Å². The van der Waals surface area contributed by atoms with Gasteiger partial charge >= 0.3 is 5.69 Å². The summed E-state index contributed by atoms with van der Waals surface area (Å²) in [5, 5.41) is 14.5. The number of hydrogen-bond acceptors (Lipinski definition) is 4. The summed E-state index contributed by atoms with van der Waals surface area (Å²) in [6.45, 7) is 4.45. The molecule has 0 bridgehead atoms. The Balaban J connectivity index is 2.26. The van der Waals surface area contributed by atoms with E-state index in [1.807, 2.05) is 0 Å². The summed E-state index contributed by atoms with van der Waals surface area (Å²) in [6.07, 6.45) is 7.58. The molecule has 0 saturated heterocycles. The first-order valence-electron chi connectivity index (χ1n) is 7.05. The molecule has 1 fully saturated rings. The van der Waals surface area contributed by atoms with Crippen molar-refractivity contribution >= 4 is 27.3 Å². The molecule has 6 heteroatoms. The van der Waals surface area contributed by atoms with Gasteiger partial charge in [0, 0.05) is 12.2 Å². The highest BCUT2D eigenvalue weighted by molar-refractivity contribution is 9.10. The van der Waals surface area contributed by atoms with Crippen LogP contribution in [-0.2, 0) is 0 Å². The van der Waals surface area contributed by atoms with E-state index in [1.165, 1.54) is 25.5 Å². The monoisotopic (exact) mass is 341 g/mol. The van der Waals surface area contributed by atoms with E-state index in [2.05, 4.69) is 40.1 Å². The molecule has 2 rings (SSSR count). The second-order valence-electron chi connectivity index (χ2n) is 5.72. The third-order valence-electron chi connectivity index (χ3n) is 4.08. The molecule has 0 spiro atoms. The average molecular weight is 342 g/mol. The molecule has 1 heterocycles. The lowest BCUT2D eigenvalue weighted by Gasteiger charge is -2.35. The van der Waals surface area contributed by atoms with Crippen LogP contribution in [0.3, 0.4) is 0 Å². The fourth-order valence-corrected chi connectivity index (χ4v) is 3.46. The first kappa shape index (κ1) is 15.2. The van der Waals surface area contributed by atoms with Crippen LogP contribution in [0.1, 0.15) is 39.5 Å². The van der Waals surface area contributed by atoms with Crippen molar-refractivity contribution in [3.63, 3.8) is 0 Å². The molecule has 1 aromatic rings. The van der Waals surface area contributed by atoms with Gasteiger partial charge in [-0.1, -0.05) is 26.7 Å². The number of rotatable bonds is 4. The summed E-state index contributed by atoms with van der Waals surface area (Å²) in [7, 11) is 0. The van der Waals surface area contributed by atoms with Crippen LogP contribution in [0.25, 0.3) is 0 Å². The lowest BCUT2D eigenvalue weighted by Crippen LogP contribution is -2.35. The number of nitro groups is 1. The van der Waals surface area contributed by atoms with E-state index in [1.54, 1.807) is 6.20 Å². The molecule has 1 aromatic heterocycles. The SMILES string of the molecule is CC(C)C1CCCCC1Nc1c(Br)cncc1[N+](=O)[O-]. The number of halogens is 1. The molecule has 0 aromatic carbocycles. The molecular weight excluding hydrogens is 322 g/mol. The number of aromatic nitrogens is 1. The minimum absolute atomic E-state index is 0.0347. The first-order chi connectivity index (χ1) is 9.50. The molecule has 0 aliphatic heterocycles. The molecule has 2 unspecified atom stereocenters. The summed E-state index contributed by atoms with van der Waals surface area (Å²) in [4.78, 5) is 14.6. The van der Waals surface area contributed by atoms with Crippen molar-refractivity contribution in [1.29, 1.82) is 0 Å². The van der Waals surface area contributed by atoms with Crippen molar-refractivity contribution in [2.24, 2.45) is 11.8 Å². The average Bonchev–Trinajstić information content (AvgIpc) is 2.41. The number of nitrogens with zero attached hydrogens (tertiary/aromatic N) is 2. The van der Waals surface area contributed by atoms with Gasteiger partial charge in [-0.25, -0.2) is 0 Å². The minimum atomic E-state index is -0.382. The number of hydrogen-bond donors (Lipinski definition) is 1. The second kappa shape index (κ2) is 6.52. The third kappa shape index (κ3) is 3.29. The van der Waals surface area contributed by atoms with Gasteiger partial charge in [0.2, 0.25) is 0 Å². The summed E-state index contributed by atoms with van der Waals surface area (Å²) in [5.41, 5.74) is 0.593. The molecule has 0 radical (unpaired) electrons. The lowest BCUT2D eigenvalue weighted by molar-refractivity contribution is -0.384. The van der Waals surface area contributed by atoms with Crippen molar-refractivity contribution in [3.8, 4) is 0 Å². The van der Waals surface area contributed by atoms with E-state index in [0.29, 0.717) is 28.0 Å². The van der Waals surface area contributed by atoms with Crippen molar-refractivity contribution in [1.82, 2.24) is 4.98 Å². The van der Waals surface area contributed by atoms with Crippen LogP contribution in [0, 0.1) is 22.0 Å². The molecule has 110 valence electrons.